The van der Waals surface area contributed by atoms with Gasteiger partial charge in [0.05, 0.1) is 30.0 Å². The van der Waals surface area contributed by atoms with E-state index in [1.807, 2.05) is 0 Å². The van der Waals surface area contributed by atoms with Crippen LogP contribution in [0.5, 0.6) is 0 Å². The highest BCUT2D eigenvalue weighted by molar-refractivity contribution is 7.92. The van der Waals surface area contributed by atoms with E-state index in [4.69, 9.17) is 0 Å². The minimum atomic E-state index is -4.57. The second-order valence-corrected chi connectivity index (χ2v) is 11.9. The molecular weight excluding hydrogens is 537 g/mol. The smallest absolute Gasteiger partial charge is 0.385 e. The van der Waals surface area contributed by atoms with Crippen LogP contribution < -0.4 is 15.4 Å². The van der Waals surface area contributed by atoms with Gasteiger partial charge in [0.15, 0.2) is 0 Å². The second kappa shape index (κ2) is 11.1. The summed E-state index contributed by atoms with van der Waals surface area (Å²) in [6, 6.07) is 10.9. The molecule has 1 aliphatic carbocycles. The van der Waals surface area contributed by atoms with Crippen LogP contribution in [0.2, 0.25) is 0 Å². The number of amides is 2. The van der Waals surface area contributed by atoms with Crippen LogP contribution in [0.1, 0.15) is 47.2 Å². The summed E-state index contributed by atoms with van der Waals surface area (Å²) in [7, 11) is -3.43. The SMILES string of the molecule is CS(=O)(=O)Nc1cccc(C2(O)CCC(N3CC(NC(=O)CNC(=O)c4cccc(C(F)(F)F)c4)C3)CC2)c1. The Morgan fingerprint density at radius 1 is 1.08 bits per heavy atom. The number of carbonyl (C=O) groups is 2. The summed E-state index contributed by atoms with van der Waals surface area (Å²) >= 11 is 0. The van der Waals surface area contributed by atoms with Crippen LogP contribution in [0.15, 0.2) is 48.5 Å². The number of nitrogens with zero attached hydrogens (tertiary/aromatic N) is 1. The molecule has 13 heteroatoms. The van der Waals surface area contributed by atoms with E-state index in [1.165, 1.54) is 6.07 Å². The summed E-state index contributed by atoms with van der Waals surface area (Å²) in [6.07, 6.45) is -1.02. The van der Waals surface area contributed by atoms with Crippen LogP contribution >= 0.6 is 0 Å². The maximum atomic E-state index is 12.8. The molecule has 39 heavy (non-hydrogen) atoms. The number of aliphatic hydroxyl groups is 1. The molecule has 2 amide bonds. The molecule has 2 aliphatic rings. The molecule has 1 saturated carbocycles. The third-order valence-corrected chi connectivity index (χ3v) is 7.74. The van der Waals surface area contributed by atoms with Crippen molar-refractivity contribution in [3.05, 3.63) is 65.2 Å². The first-order valence-electron chi connectivity index (χ1n) is 12.5. The Morgan fingerprint density at radius 2 is 1.74 bits per heavy atom. The molecule has 0 atom stereocenters. The van der Waals surface area contributed by atoms with Crippen molar-refractivity contribution in [2.24, 2.45) is 0 Å². The standard InChI is InChI=1S/C26H31F3N4O5S/c1-39(37,38)32-20-7-3-5-18(13-20)25(36)10-8-22(9-11-25)33-15-21(16-33)31-23(34)14-30-24(35)17-4-2-6-19(12-17)26(27,28)29/h2-7,12-13,21-22,32,36H,8-11,14-16H2,1H3,(H,30,35)(H,31,34). The molecule has 2 aromatic carbocycles. The fraction of sp³-hybridized carbons (Fsp3) is 0.462. The lowest BCUT2D eigenvalue weighted by molar-refractivity contribution is -0.137. The Bertz CT molecular complexity index is 1320. The predicted molar refractivity (Wildman–Crippen MR) is 138 cm³/mol. The first kappa shape index (κ1) is 28.8. The summed E-state index contributed by atoms with van der Waals surface area (Å²) in [5, 5.41) is 16.4. The van der Waals surface area contributed by atoms with E-state index >= 15 is 0 Å². The number of halogens is 3. The fourth-order valence-corrected chi connectivity index (χ4v) is 5.66. The Morgan fingerprint density at radius 3 is 2.38 bits per heavy atom. The zero-order valence-corrected chi connectivity index (χ0v) is 22.1. The van der Waals surface area contributed by atoms with Gasteiger partial charge in [-0.25, -0.2) is 8.42 Å². The molecule has 1 saturated heterocycles. The van der Waals surface area contributed by atoms with Crippen LogP contribution in [0.3, 0.4) is 0 Å². The quantitative estimate of drug-likeness (QED) is 0.388. The van der Waals surface area contributed by atoms with Gasteiger partial charge in [0.2, 0.25) is 15.9 Å². The fourth-order valence-electron chi connectivity index (χ4n) is 5.10. The molecule has 0 radical (unpaired) electrons. The van der Waals surface area contributed by atoms with Crippen molar-refractivity contribution in [3.63, 3.8) is 0 Å². The van der Waals surface area contributed by atoms with Crippen molar-refractivity contribution in [2.45, 2.75) is 49.5 Å². The van der Waals surface area contributed by atoms with Gasteiger partial charge in [0, 0.05) is 30.4 Å². The summed E-state index contributed by atoms with van der Waals surface area (Å²) in [5.41, 5.74) is -1.11. The molecule has 1 aliphatic heterocycles. The van der Waals surface area contributed by atoms with E-state index in [-0.39, 0.29) is 24.2 Å². The number of hydrogen-bond acceptors (Lipinski definition) is 6. The first-order chi connectivity index (χ1) is 18.2. The molecule has 2 aromatic rings. The third kappa shape index (κ3) is 7.49. The van der Waals surface area contributed by atoms with Gasteiger partial charge >= 0.3 is 6.18 Å². The van der Waals surface area contributed by atoms with E-state index in [0.29, 0.717) is 37.2 Å². The number of nitrogens with one attached hydrogen (secondary N) is 3. The molecule has 0 unspecified atom stereocenters. The maximum Gasteiger partial charge on any atom is 0.416 e. The van der Waals surface area contributed by atoms with Gasteiger partial charge in [-0.15, -0.1) is 0 Å². The normalized spacial score (nSPS) is 22.5. The van der Waals surface area contributed by atoms with Crippen molar-refractivity contribution in [3.8, 4) is 0 Å². The Labute approximate surface area is 224 Å². The molecule has 212 valence electrons. The highest BCUT2D eigenvalue weighted by Gasteiger charge is 2.40. The number of rotatable bonds is 8. The van der Waals surface area contributed by atoms with Crippen molar-refractivity contribution in [1.82, 2.24) is 15.5 Å². The van der Waals surface area contributed by atoms with Crippen LogP contribution in [-0.4, -0.2) is 68.2 Å². The zero-order chi connectivity index (χ0) is 28.4. The monoisotopic (exact) mass is 568 g/mol. The van der Waals surface area contributed by atoms with Crippen molar-refractivity contribution in [2.75, 3.05) is 30.6 Å². The number of sulfonamides is 1. The van der Waals surface area contributed by atoms with Crippen LogP contribution in [0.25, 0.3) is 0 Å². The lowest BCUT2D eigenvalue weighted by atomic mass is 9.76. The van der Waals surface area contributed by atoms with E-state index in [0.717, 1.165) is 37.3 Å². The summed E-state index contributed by atoms with van der Waals surface area (Å²) in [4.78, 5) is 26.6. The van der Waals surface area contributed by atoms with Gasteiger partial charge in [0.25, 0.3) is 5.91 Å². The molecule has 4 rings (SSSR count). The minimum absolute atomic E-state index is 0.109. The number of hydrogen-bond donors (Lipinski definition) is 4. The Hall–Kier alpha value is -3.16. The highest BCUT2D eigenvalue weighted by atomic mass is 32.2. The molecule has 9 nitrogen and oxygen atoms in total. The third-order valence-electron chi connectivity index (χ3n) is 7.14. The average molecular weight is 569 g/mol. The van der Waals surface area contributed by atoms with E-state index in [1.54, 1.807) is 24.3 Å². The maximum absolute atomic E-state index is 12.8. The van der Waals surface area contributed by atoms with Crippen molar-refractivity contribution >= 4 is 27.5 Å². The molecule has 0 bridgehead atoms. The predicted octanol–water partition coefficient (Wildman–Crippen LogP) is 2.44. The summed E-state index contributed by atoms with van der Waals surface area (Å²) in [6.45, 7) is 0.879. The van der Waals surface area contributed by atoms with Crippen molar-refractivity contribution < 1.29 is 36.3 Å². The van der Waals surface area contributed by atoms with Crippen LogP contribution in [-0.2, 0) is 26.6 Å². The van der Waals surface area contributed by atoms with E-state index < -0.39 is 39.2 Å². The number of likely N-dealkylation sites (tertiary alicyclic amines) is 1. The van der Waals surface area contributed by atoms with Crippen molar-refractivity contribution in [1.29, 1.82) is 0 Å². The Balaban J connectivity index is 1.20. The van der Waals surface area contributed by atoms with Gasteiger partial charge in [-0.05, 0) is 61.6 Å². The van der Waals surface area contributed by atoms with Crippen LogP contribution in [0.4, 0.5) is 18.9 Å². The molecule has 0 spiro atoms. The largest absolute Gasteiger partial charge is 0.416 e. The zero-order valence-electron chi connectivity index (χ0n) is 21.3. The minimum Gasteiger partial charge on any atom is -0.385 e. The molecular formula is C26H31F3N4O5S. The number of benzene rings is 2. The lowest BCUT2D eigenvalue weighted by Crippen LogP contribution is -2.63. The van der Waals surface area contributed by atoms with E-state index in [9.17, 15) is 36.3 Å². The molecule has 4 N–H and O–H groups in total. The molecule has 2 fully saturated rings. The number of anilines is 1. The summed E-state index contributed by atoms with van der Waals surface area (Å²) < 4.78 is 64.0. The molecule has 0 aromatic heterocycles. The molecule has 1 heterocycles. The number of carbonyl (C=O) groups excluding carboxylic acids is 2. The first-order valence-corrected chi connectivity index (χ1v) is 14.4. The Kier molecular flexibility index (Phi) is 8.24. The van der Waals surface area contributed by atoms with Crippen LogP contribution in [0, 0.1) is 0 Å². The van der Waals surface area contributed by atoms with Gasteiger partial charge in [0.1, 0.15) is 0 Å². The van der Waals surface area contributed by atoms with Gasteiger partial charge < -0.3 is 15.7 Å². The second-order valence-electron chi connectivity index (χ2n) is 10.2. The lowest BCUT2D eigenvalue weighted by Gasteiger charge is -2.48. The van der Waals surface area contributed by atoms with E-state index in [2.05, 4.69) is 20.3 Å². The highest BCUT2D eigenvalue weighted by Crippen LogP contribution is 2.40. The van der Waals surface area contributed by atoms with Gasteiger partial charge in [-0.2, -0.15) is 13.2 Å². The number of alkyl halides is 3. The van der Waals surface area contributed by atoms with Gasteiger partial charge in [-0.1, -0.05) is 18.2 Å². The average Bonchev–Trinajstić information content (AvgIpc) is 2.84. The topological polar surface area (TPSA) is 128 Å². The summed E-state index contributed by atoms with van der Waals surface area (Å²) in [5.74, 6) is -1.20. The van der Waals surface area contributed by atoms with Gasteiger partial charge in [-0.3, -0.25) is 19.2 Å².